The van der Waals surface area contributed by atoms with E-state index in [1.54, 1.807) is 23.9 Å². The molecule has 3 heterocycles. The van der Waals surface area contributed by atoms with Crippen LogP contribution in [0.25, 0.3) is 0 Å². The average Bonchev–Trinajstić information content (AvgIpc) is 3.15. The summed E-state index contributed by atoms with van der Waals surface area (Å²) < 4.78 is 9.82. The zero-order valence-electron chi connectivity index (χ0n) is 13.9. The zero-order valence-corrected chi connectivity index (χ0v) is 15.5. The maximum atomic E-state index is 12.2. The summed E-state index contributed by atoms with van der Waals surface area (Å²) in [6, 6.07) is 3.39. The molecule has 8 nitrogen and oxygen atoms in total. The van der Waals surface area contributed by atoms with Crippen LogP contribution < -0.4 is 11.0 Å². The normalized spacial score (nSPS) is 19.7. The predicted molar refractivity (Wildman–Crippen MR) is 94.5 cm³/mol. The van der Waals surface area contributed by atoms with Gasteiger partial charge in [0.2, 0.25) is 0 Å². The number of nitrogens with zero attached hydrogens (tertiary/aromatic N) is 2. The molecule has 0 saturated heterocycles. The summed E-state index contributed by atoms with van der Waals surface area (Å²) in [4.78, 5) is 27.0. The van der Waals surface area contributed by atoms with Crippen LogP contribution in [-0.2, 0) is 17.7 Å². The van der Waals surface area contributed by atoms with Gasteiger partial charge in [-0.3, -0.25) is 9.36 Å². The summed E-state index contributed by atoms with van der Waals surface area (Å²) in [7, 11) is 1.55. The number of methoxy groups -OCH3 is 1. The lowest BCUT2D eigenvalue weighted by atomic mass is 10.1. The molecule has 9 heteroatoms. The Hall–Kier alpha value is -1.84. The van der Waals surface area contributed by atoms with Gasteiger partial charge in [0.25, 0.3) is 5.91 Å². The largest absolute Gasteiger partial charge is 0.396 e. The van der Waals surface area contributed by atoms with Gasteiger partial charge in [-0.2, -0.15) is 0 Å². The third kappa shape index (κ3) is 3.44. The van der Waals surface area contributed by atoms with Crippen molar-refractivity contribution in [2.75, 3.05) is 13.7 Å². The molecule has 1 amide bonds. The third-order valence-electron chi connectivity index (χ3n) is 4.47. The van der Waals surface area contributed by atoms with Crippen LogP contribution in [0.1, 0.15) is 35.1 Å². The number of fused-ring (bicyclic) bond motifs is 1. The number of hydrogen-bond acceptors (Lipinski definition) is 4. The molecule has 0 unspecified atom stereocenters. The van der Waals surface area contributed by atoms with Crippen molar-refractivity contribution < 1.29 is 14.6 Å². The summed E-state index contributed by atoms with van der Waals surface area (Å²) in [5, 5.41) is 11.8. The minimum atomic E-state index is -0.500. The summed E-state index contributed by atoms with van der Waals surface area (Å²) in [6.45, 7) is 0.642. The Bertz CT molecular complexity index is 809. The van der Waals surface area contributed by atoms with E-state index >= 15 is 0 Å². The molecule has 0 spiro atoms. The molecule has 0 radical (unpaired) electrons. The van der Waals surface area contributed by atoms with Crippen molar-refractivity contribution >= 4 is 21.8 Å². The fourth-order valence-corrected chi connectivity index (χ4v) is 3.82. The van der Waals surface area contributed by atoms with Crippen LogP contribution in [0.15, 0.2) is 27.7 Å². The summed E-state index contributed by atoms with van der Waals surface area (Å²) in [5.41, 5.74) is 1.21. The average molecular weight is 413 g/mol. The van der Waals surface area contributed by atoms with Crippen molar-refractivity contribution in [3.05, 3.63) is 44.8 Å². The number of halogens is 1. The molecule has 0 saturated carbocycles. The van der Waals surface area contributed by atoms with Gasteiger partial charge in [-0.1, -0.05) is 0 Å². The molecular weight excluding hydrogens is 392 g/mol. The van der Waals surface area contributed by atoms with Gasteiger partial charge in [-0.05, 0) is 40.9 Å². The number of aromatic nitrogens is 3. The third-order valence-corrected chi connectivity index (χ3v) is 5.12. The standard InChI is InChI=1S/C16H21BrN4O4/c1-25-15-12(21-11(14(23)19-15)4-5-13(21)17)8-10-9-18-16(24)20(10)6-2-3-7-22/h4-5,9,12,15,22H,2-3,6-8H2,1H3,(H,18,24)(H,19,23)/t12-,15-/m1/s1. The maximum Gasteiger partial charge on any atom is 0.325 e. The van der Waals surface area contributed by atoms with Crippen LogP contribution in [0.3, 0.4) is 0 Å². The highest BCUT2D eigenvalue weighted by Crippen LogP contribution is 2.30. The second kappa shape index (κ2) is 7.59. The monoisotopic (exact) mass is 412 g/mol. The second-order valence-electron chi connectivity index (χ2n) is 5.98. The Morgan fingerprint density at radius 2 is 2.12 bits per heavy atom. The molecule has 0 aromatic carbocycles. The lowest BCUT2D eigenvalue weighted by Crippen LogP contribution is -2.49. The molecule has 2 aromatic rings. The van der Waals surface area contributed by atoms with Gasteiger partial charge in [0, 0.05) is 38.6 Å². The summed E-state index contributed by atoms with van der Waals surface area (Å²) >= 11 is 3.49. The van der Waals surface area contributed by atoms with Crippen LogP contribution in [0.5, 0.6) is 0 Å². The first-order chi connectivity index (χ1) is 12.1. The molecule has 2 atom stereocenters. The number of nitrogens with one attached hydrogen (secondary N) is 2. The number of unbranched alkanes of at least 4 members (excludes halogenated alkanes) is 1. The van der Waals surface area contributed by atoms with E-state index in [9.17, 15) is 9.59 Å². The molecule has 0 aliphatic carbocycles. The Labute approximate surface area is 152 Å². The lowest BCUT2D eigenvalue weighted by Gasteiger charge is -2.34. The number of ether oxygens (including phenoxy) is 1. The van der Waals surface area contributed by atoms with Crippen molar-refractivity contribution in [1.82, 2.24) is 19.4 Å². The highest BCUT2D eigenvalue weighted by molar-refractivity contribution is 9.10. The van der Waals surface area contributed by atoms with Gasteiger partial charge in [-0.25, -0.2) is 4.79 Å². The zero-order chi connectivity index (χ0) is 18.0. The van der Waals surface area contributed by atoms with E-state index in [1.807, 2.05) is 10.6 Å². The fraction of sp³-hybridized carbons (Fsp3) is 0.500. The van der Waals surface area contributed by atoms with Gasteiger partial charge in [0.05, 0.1) is 10.6 Å². The van der Waals surface area contributed by atoms with Gasteiger partial charge in [0.1, 0.15) is 5.69 Å². The van der Waals surface area contributed by atoms with Crippen LogP contribution in [0.2, 0.25) is 0 Å². The molecule has 136 valence electrons. The van der Waals surface area contributed by atoms with E-state index in [4.69, 9.17) is 9.84 Å². The number of aliphatic hydroxyl groups excluding tert-OH is 1. The Morgan fingerprint density at radius 3 is 2.84 bits per heavy atom. The maximum absolute atomic E-state index is 12.2. The quantitative estimate of drug-likeness (QED) is 0.590. The Kier molecular flexibility index (Phi) is 5.45. The molecule has 0 bridgehead atoms. The number of H-pyrrole nitrogens is 1. The van der Waals surface area contributed by atoms with E-state index in [0.29, 0.717) is 25.1 Å². The SMILES string of the molecule is CO[C@H]1NC(=O)c2ccc(Br)n2[C@@H]1Cc1c[nH]c(=O)n1CCCCO. The molecule has 3 rings (SSSR count). The van der Waals surface area contributed by atoms with Crippen molar-refractivity contribution in [2.24, 2.45) is 0 Å². The van der Waals surface area contributed by atoms with Gasteiger partial charge in [0.15, 0.2) is 6.23 Å². The summed E-state index contributed by atoms with van der Waals surface area (Å²) in [5.74, 6) is -0.191. The van der Waals surface area contributed by atoms with Crippen LogP contribution in [0.4, 0.5) is 0 Å². The highest BCUT2D eigenvalue weighted by atomic mass is 79.9. The van der Waals surface area contributed by atoms with E-state index < -0.39 is 6.23 Å². The lowest BCUT2D eigenvalue weighted by molar-refractivity contribution is 0.0166. The Morgan fingerprint density at radius 1 is 1.32 bits per heavy atom. The van der Waals surface area contributed by atoms with E-state index in [1.165, 1.54) is 0 Å². The molecule has 2 aromatic heterocycles. The molecule has 0 fully saturated rings. The molecule has 1 aliphatic rings. The van der Waals surface area contributed by atoms with Crippen LogP contribution in [-0.4, -0.2) is 45.1 Å². The van der Waals surface area contributed by atoms with Crippen molar-refractivity contribution in [3.8, 4) is 0 Å². The number of rotatable bonds is 7. The molecule has 1 aliphatic heterocycles. The number of carbonyl (C=O) groups is 1. The highest BCUT2D eigenvalue weighted by Gasteiger charge is 2.35. The molecule has 3 N–H and O–H groups in total. The van der Waals surface area contributed by atoms with E-state index in [-0.39, 0.29) is 24.2 Å². The molecule has 25 heavy (non-hydrogen) atoms. The van der Waals surface area contributed by atoms with Crippen LogP contribution >= 0.6 is 15.9 Å². The predicted octanol–water partition coefficient (Wildman–Crippen LogP) is 1.01. The van der Waals surface area contributed by atoms with E-state index in [0.717, 1.165) is 16.7 Å². The van der Waals surface area contributed by atoms with Crippen molar-refractivity contribution in [1.29, 1.82) is 0 Å². The number of imidazole rings is 1. The van der Waals surface area contributed by atoms with Gasteiger partial charge < -0.3 is 24.7 Å². The molecular formula is C16H21BrN4O4. The van der Waals surface area contributed by atoms with Crippen molar-refractivity contribution in [3.63, 3.8) is 0 Å². The number of aromatic amines is 1. The summed E-state index contributed by atoms with van der Waals surface area (Å²) in [6.07, 6.45) is 3.07. The minimum absolute atomic E-state index is 0.106. The number of carbonyl (C=O) groups excluding carboxylic acids is 1. The number of amides is 1. The van der Waals surface area contributed by atoms with Gasteiger partial charge >= 0.3 is 5.69 Å². The van der Waals surface area contributed by atoms with Crippen molar-refractivity contribution in [2.45, 2.75) is 38.1 Å². The second-order valence-corrected chi connectivity index (χ2v) is 6.79. The first kappa shape index (κ1) is 18.0. The van der Waals surface area contributed by atoms with E-state index in [2.05, 4.69) is 26.2 Å². The minimum Gasteiger partial charge on any atom is -0.396 e. The fourth-order valence-electron chi connectivity index (χ4n) is 3.24. The smallest absolute Gasteiger partial charge is 0.325 e. The first-order valence-electron chi connectivity index (χ1n) is 8.15. The number of aliphatic hydroxyl groups is 1. The Balaban J connectivity index is 1.91. The first-order valence-corrected chi connectivity index (χ1v) is 8.94. The number of hydrogen-bond donors (Lipinski definition) is 3. The van der Waals surface area contributed by atoms with Crippen LogP contribution in [0, 0.1) is 0 Å². The topological polar surface area (TPSA) is 101 Å². The van der Waals surface area contributed by atoms with Gasteiger partial charge in [-0.15, -0.1) is 0 Å².